The number of rotatable bonds is 1. The van der Waals surface area contributed by atoms with Gasteiger partial charge in [0.15, 0.2) is 0 Å². The molecule has 3 atom stereocenters. The van der Waals surface area contributed by atoms with Crippen LogP contribution in [-0.4, -0.2) is 22.8 Å². The number of piperidine rings is 1. The molecule has 2 aliphatic rings. The van der Waals surface area contributed by atoms with Crippen LogP contribution in [0.3, 0.4) is 0 Å². The Bertz CT molecular complexity index is 340. The third-order valence-electron chi connectivity index (χ3n) is 3.46. The molecule has 2 rings (SSSR count). The van der Waals surface area contributed by atoms with E-state index in [0.717, 1.165) is 0 Å². The van der Waals surface area contributed by atoms with E-state index in [1.165, 1.54) is 4.90 Å². The first-order valence-corrected chi connectivity index (χ1v) is 4.76. The molecule has 1 heterocycles. The van der Waals surface area contributed by atoms with Gasteiger partial charge in [0.05, 0.1) is 17.9 Å². The summed E-state index contributed by atoms with van der Waals surface area (Å²) in [6, 6.07) is -0.404. The fraction of sp³-hybridized carbons (Fsp3) is 0.636. The Labute approximate surface area is 83.5 Å². The highest BCUT2D eigenvalue weighted by Gasteiger charge is 2.72. The number of imide groups is 1. The summed E-state index contributed by atoms with van der Waals surface area (Å²) in [6.45, 7) is 5.61. The Morgan fingerprint density at radius 3 is 2.14 bits per heavy atom. The van der Waals surface area contributed by atoms with Crippen molar-refractivity contribution in [3.05, 3.63) is 0 Å². The minimum absolute atomic E-state index is 0.0875. The number of hydrogen-bond acceptors (Lipinski definition) is 2. The van der Waals surface area contributed by atoms with Crippen molar-refractivity contribution >= 4 is 11.8 Å². The molecule has 74 valence electrons. The minimum atomic E-state index is -0.404. The third kappa shape index (κ3) is 0.836. The molecule has 14 heavy (non-hydrogen) atoms. The summed E-state index contributed by atoms with van der Waals surface area (Å²) in [7, 11) is 0. The first-order chi connectivity index (χ1) is 6.42. The normalized spacial score (nSPS) is 35.1. The summed E-state index contributed by atoms with van der Waals surface area (Å²) in [5.41, 5.74) is -0.140. The first kappa shape index (κ1) is 9.26. The maximum Gasteiger partial charge on any atom is 0.234 e. The van der Waals surface area contributed by atoms with E-state index in [0.29, 0.717) is 0 Å². The molecule has 1 aliphatic heterocycles. The van der Waals surface area contributed by atoms with Crippen LogP contribution in [0.1, 0.15) is 20.8 Å². The predicted molar refractivity (Wildman–Crippen MR) is 50.9 cm³/mol. The van der Waals surface area contributed by atoms with Gasteiger partial charge in [-0.3, -0.25) is 14.5 Å². The quantitative estimate of drug-likeness (QED) is 0.451. The number of terminal acetylenes is 1. The molecule has 0 aromatic heterocycles. The number of amides is 2. The van der Waals surface area contributed by atoms with Crippen LogP contribution in [-0.2, 0) is 9.59 Å². The Kier molecular flexibility index (Phi) is 1.58. The van der Waals surface area contributed by atoms with Gasteiger partial charge in [0.2, 0.25) is 11.8 Å². The zero-order valence-electron chi connectivity index (χ0n) is 8.57. The second-order valence-corrected chi connectivity index (χ2v) is 4.67. The van der Waals surface area contributed by atoms with Gasteiger partial charge in [0.25, 0.3) is 0 Å². The van der Waals surface area contributed by atoms with Gasteiger partial charge < -0.3 is 0 Å². The fourth-order valence-corrected chi connectivity index (χ4v) is 2.42. The predicted octanol–water partition coefficient (Wildman–Crippen LogP) is 0.649. The molecular weight excluding hydrogens is 178 g/mol. The van der Waals surface area contributed by atoms with E-state index in [4.69, 9.17) is 6.42 Å². The topological polar surface area (TPSA) is 37.4 Å². The van der Waals surface area contributed by atoms with Crippen LogP contribution in [0, 0.1) is 29.6 Å². The molecule has 1 saturated carbocycles. The average molecular weight is 191 g/mol. The number of carbonyl (C=O) groups is 2. The van der Waals surface area contributed by atoms with Crippen molar-refractivity contribution in [3.8, 4) is 12.3 Å². The fourth-order valence-electron chi connectivity index (χ4n) is 2.42. The molecule has 3 heteroatoms. The first-order valence-electron chi connectivity index (χ1n) is 4.76. The molecule has 0 aromatic carbocycles. The lowest BCUT2D eigenvalue weighted by atomic mass is 10.0. The number of likely N-dealkylation sites (tertiary alicyclic amines) is 1. The van der Waals surface area contributed by atoms with Gasteiger partial charge in [-0.05, 0) is 12.3 Å². The monoisotopic (exact) mass is 191 g/mol. The molecule has 1 saturated heterocycles. The summed E-state index contributed by atoms with van der Waals surface area (Å²) in [4.78, 5) is 24.8. The number of carbonyl (C=O) groups excluding carboxylic acids is 2. The minimum Gasteiger partial charge on any atom is -0.274 e. The molecule has 0 spiro atoms. The zero-order chi connectivity index (χ0) is 10.7. The van der Waals surface area contributed by atoms with Crippen LogP contribution in [0.25, 0.3) is 0 Å². The molecule has 3 unspecified atom stereocenters. The van der Waals surface area contributed by atoms with Crippen molar-refractivity contribution < 1.29 is 9.59 Å². The van der Waals surface area contributed by atoms with E-state index in [2.05, 4.69) is 5.92 Å². The van der Waals surface area contributed by atoms with Crippen molar-refractivity contribution in [1.82, 2.24) is 4.90 Å². The molecule has 0 bridgehead atoms. The number of nitrogens with zero attached hydrogens (tertiary/aromatic N) is 1. The Morgan fingerprint density at radius 1 is 1.36 bits per heavy atom. The van der Waals surface area contributed by atoms with Crippen LogP contribution in [0.4, 0.5) is 0 Å². The number of fused-ring (bicyclic) bond motifs is 1. The molecule has 2 fully saturated rings. The number of hydrogen-bond donors (Lipinski definition) is 0. The summed E-state index contributed by atoms with van der Waals surface area (Å²) in [5.74, 6) is 2.01. The van der Waals surface area contributed by atoms with Crippen molar-refractivity contribution in [2.24, 2.45) is 17.3 Å². The molecule has 0 radical (unpaired) electrons. The molecule has 0 N–H and O–H groups in total. The van der Waals surface area contributed by atoms with Gasteiger partial charge in [-0.25, -0.2) is 0 Å². The van der Waals surface area contributed by atoms with Crippen molar-refractivity contribution in [3.63, 3.8) is 0 Å². The molecule has 3 nitrogen and oxygen atoms in total. The van der Waals surface area contributed by atoms with Crippen LogP contribution >= 0.6 is 0 Å². The van der Waals surface area contributed by atoms with E-state index >= 15 is 0 Å². The molecule has 1 aliphatic carbocycles. The summed E-state index contributed by atoms with van der Waals surface area (Å²) in [5, 5.41) is 0. The third-order valence-corrected chi connectivity index (χ3v) is 3.46. The average Bonchev–Trinajstić information content (AvgIpc) is 2.55. The van der Waals surface area contributed by atoms with Crippen LogP contribution in [0.15, 0.2) is 0 Å². The van der Waals surface area contributed by atoms with Crippen molar-refractivity contribution in [1.29, 1.82) is 0 Å². The van der Waals surface area contributed by atoms with Gasteiger partial charge in [0, 0.05) is 0 Å². The largest absolute Gasteiger partial charge is 0.274 e. The highest BCUT2D eigenvalue weighted by molar-refractivity contribution is 6.10. The highest BCUT2D eigenvalue weighted by Crippen LogP contribution is 2.63. The van der Waals surface area contributed by atoms with Crippen LogP contribution in [0.5, 0.6) is 0 Å². The second-order valence-electron chi connectivity index (χ2n) is 4.67. The van der Waals surface area contributed by atoms with E-state index in [9.17, 15) is 9.59 Å². The van der Waals surface area contributed by atoms with Gasteiger partial charge >= 0.3 is 0 Å². The van der Waals surface area contributed by atoms with E-state index in [1.54, 1.807) is 6.92 Å². The van der Waals surface area contributed by atoms with E-state index in [-0.39, 0.29) is 29.1 Å². The van der Waals surface area contributed by atoms with Gasteiger partial charge in [0.1, 0.15) is 0 Å². The maximum atomic E-state index is 11.8. The smallest absolute Gasteiger partial charge is 0.234 e. The van der Waals surface area contributed by atoms with Crippen molar-refractivity contribution in [2.75, 3.05) is 0 Å². The lowest BCUT2D eigenvalue weighted by Gasteiger charge is -2.23. The van der Waals surface area contributed by atoms with Gasteiger partial charge in [-0.15, -0.1) is 6.42 Å². The Morgan fingerprint density at radius 2 is 1.79 bits per heavy atom. The lowest BCUT2D eigenvalue weighted by molar-refractivity contribution is -0.144. The Hall–Kier alpha value is -1.30. The second kappa shape index (κ2) is 2.38. The van der Waals surface area contributed by atoms with Crippen LogP contribution < -0.4 is 0 Å². The molecule has 0 aromatic rings. The van der Waals surface area contributed by atoms with Crippen LogP contribution in [0.2, 0.25) is 0 Å². The molecule has 2 amide bonds. The van der Waals surface area contributed by atoms with Gasteiger partial charge in [-0.2, -0.15) is 0 Å². The SMILES string of the molecule is C#CC(C)N1C(=O)C2C(C1=O)C2(C)C. The summed E-state index contributed by atoms with van der Waals surface area (Å²) >= 11 is 0. The highest BCUT2D eigenvalue weighted by atomic mass is 16.2. The van der Waals surface area contributed by atoms with Crippen molar-refractivity contribution in [2.45, 2.75) is 26.8 Å². The lowest BCUT2D eigenvalue weighted by Crippen LogP contribution is -2.41. The van der Waals surface area contributed by atoms with E-state index < -0.39 is 6.04 Å². The summed E-state index contributed by atoms with van der Waals surface area (Å²) in [6.07, 6.45) is 5.21. The van der Waals surface area contributed by atoms with Gasteiger partial charge in [-0.1, -0.05) is 19.8 Å². The maximum absolute atomic E-state index is 11.8. The van der Waals surface area contributed by atoms with E-state index in [1.807, 2.05) is 13.8 Å². The molecular formula is C11H13NO2. The Balaban J connectivity index is 2.27. The summed E-state index contributed by atoms with van der Waals surface area (Å²) < 4.78 is 0. The standard InChI is InChI=1S/C11H13NO2/c1-5-6(2)12-9(13)7-8(10(12)14)11(7,3)4/h1,6-8H,2-4H3. The zero-order valence-corrected chi connectivity index (χ0v) is 8.57.